The molecule has 10 heteroatoms. The van der Waals surface area contributed by atoms with Gasteiger partial charge in [-0.25, -0.2) is 9.18 Å². The highest BCUT2D eigenvalue weighted by atomic mass is 35.6. The second kappa shape index (κ2) is 9.08. The number of fused-ring (bicyclic) bond motifs is 1. The molecule has 0 radical (unpaired) electrons. The number of aryl methyl sites for hydroxylation is 1. The molecule has 1 aliphatic rings. The van der Waals surface area contributed by atoms with E-state index in [1.807, 2.05) is 0 Å². The van der Waals surface area contributed by atoms with E-state index in [4.69, 9.17) is 39.5 Å². The Bertz CT molecular complexity index is 913. The monoisotopic (exact) mass is 478 g/mol. The molecule has 0 fully saturated rings. The largest absolute Gasteiger partial charge is 0.465 e. The SMILES string of the molecule is COC(=O)c1c(N[C@H](NC(=O)c2ccc(F)cc2)C(Cl)(Cl)Cl)sc2c1CCCC2. The van der Waals surface area contributed by atoms with Crippen LogP contribution in [0, 0.1) is 5.82 Å². The quantitative estimate of drug-likeness (QED) is 0.356. The molecule has 1 amide bonds. The van der Waals surface area contributed by atoms with Crippen LogP contribution in [0.4, 0.5) is 9.39 Å². The number of nitrogens with one attached hydrogen (secondary N) is 2. The average Bonchev–Trinajstić information content (AvgIpc) is 3.04. The van der Waals surface area contributed by atoms with Gasteiger partial charge in [0.25, 0.3) is 5.91 Å². The number of hydrogen-bond acceptors (Lipinski definition) is 5. The van der Waals surface area contributed by atoms with Crippen molar-refractivity contribution in [2.45, 2.75) is 35.6 Å². The van der Waals surface area contributed by atoms with Gasteiger partial charge in [-0.2, -0.15) is 0 Å². The smallest absolute Gasteiger partial charge is 0.341 e. The molecule has 0 aliphatic heterocycles. The zero-order valence-corrected chi connectivity index (χ0v) is 18.4. The minimum absolute atomic E-state index is 0.200. The molecule has 0 saturated carbocycles. The zero-order chi connectivity index (χ0) is 21.2. The standard InChI is InChI=1S/C19H18Cl3FN2O3S/c1-28-17(27)14-12-4-2-3-5-13(12)29-16(14)25-18(19(20,21)22)24-15(26)10-6-8-11(23)9-7-10/h6-9,18,25H,2-5H2,1H3,(H,24,26)/t18-/m0/s1. The van der Waals surface area contributed by atoms with E-state index in [0.717, 1.165) is 48.3 Å². The minimum Gasteiger partial charge on any atom is -0.465 e. The predicted octanol–water partition coefficient (Wildman–Crippen LogP) is 5.09. The van der Waals surface area contributed by atoms with E-state index in [1.54, 1.807) is 0 Å². The lowest BCUT2D eigenvalue weighted by atomic mass is 9.95. The van der Waals surface area contributed by atoms with E-state index in [-0.39, 0.29) is 5.56 Å². The third-order valence-electron chi connectivity index (χ3n) is 4.55. The molecule has 1 aromatic carbocycles. The molecule has 0 spiro atoms. The Morgan fingerprint density at radius 2 is 1.83 bits per heavy atom. The maximum atomic E-state index is 13.1. The molecule has 2 aromatic rings. The van der Waals surface area contributed by atoms with Crippen LogP contribution in [0.2, 0.25) is 0 Å². The summed E-state index contributed by atoms with van der Waals surface area (Å²) in [5, 5.41) is 6.05. The number of hydrogen-bond donors (Lipinski definition) is 2. The van der Waals surface area contributed by atoms with Crippen LogP contribution >= 0.6 is 46.1 Å². The lowest BCUT2D eigenvalue weighted by Gasteiger charge is -2.27. The Morgan fingerprint density at radius 3 is 2.45 bits per heavy atom. The first-order chi connectivity index (χ1) is 13.7. The van der Waals surface area contributed by atoms with Gasteiger partial charge in [-0.15, -0.1) is 11.3 Å². The van der Waals surface area contributed by atoms with E-state index in [1.165, 1.54) is 30.6 Å². The van der Waals surface area contributed by atoms with Crippen LogP contribution in [-0.2, 0) is 17.6 Å². The third-order valence-corrected chi connectivity index (χ3v) is 6.42. The molecule has 2 N–H and O–H groups in total. The fourth-order valence-electron chi connectivity index (χ4n) is 3.13. The molecular weight excluding hydrogens is 462 g/mol. The number of methoxy groups -OCH3 is 1. The van der Waals surface area contributed by atoms with Gasteiger partial charge in [0.2, 0.25) is 3.79 Å². The van der Waals surface area contributed by atoms with E-state index in [0.29, 0.717) is 10.6 Å². The molecule has 0 saturated heterocycles. The van der Waals surface area contributed by atoms with Crippen LogP contribution < -0.4 is 10.6 Å². The summed E-state index contributed by atoms with van der Waals surface area (Å²) in [5.41, 5.74) is 1.54. The first-order valence-corrected chi connectivity index (χ1v) is 10.8. The lowest BCUT2D eigenvalue weighted by molar-refractivity contribution is 0.0600. The Morgan fingerprint density at radius 1 is 1.17 bits per heavy atom. The molecule has 3 rings (SSSR count). The second-order valence-electron chi connectivity index (χ2n) is 6.51. The van der Waals surface area contributed by atoms with Crippen LogP contribution in [0.1, 0.15) is 44.0 Å². The lowest BCUT2D eigenvalue weighted by Crippen LogP contribution is -2.49. The van der Waals surface area contributed by atoms with Crippen molar-refractivity contribution in [1.82, 2.24) is 5.32 Å². The van der Waals surface area contributed by atoms with Gasteiger partial charge < -0.3 is 15.4 Å². The van der Waals surface area contributed by atoms with Crippen molar-refractivity contribution in [3.8, 4) is 0 Å². The van der Waals surface area contributed by atoms with Gasteiger partial charge in [-0.05, 0) is 55.5 Å². The van der Waals surface area contributed by atoms with E-state index in [9.17, 15) is 14.0 Å². The first-order valence-electron chi connectivity index (χ1n) is 8.83. The predicted molar refractivity (Wildman–Crippen MR) is 114 cm³/mol. The van der Waals surface area contributed by atoms with Gasteiger partial charge in [0, 0.05) is 10.4 Å². The van der Waals surface area contributed by atoms with Crippen LogP contribution in [0.25, 0.3) is 0 Å². The summed E-state index contributed by atoms with van der Waals surface area (Å²) in [7, 11) is 1.31. The summed E-state index contributed by atoms with van der Waals surface area (Å²) in [6, 6.07) is 4.97. The van der Waals surface area contributed by atoms with Crippen LogP contribution in [-0.4, -0.2) is 28.9 Å². The number of alkyl halides is 3. The van der Waals surface area contributed by atoms with Crippen molar-refractivity contribution in [1.29, 1.82) is 0 Å². The topological polar surface area (TPSA) is 67.4 Å². The number of benzene rings is 1. The number of anilines is 1. The molecule has 1 heterocycles. The van der Waals surface area contributed by atoms with Crippen LogP contribution in [0.3, 0.4) is 0 Å². The molecule has 5 nitrogen and oxygen atoms in total. The summed E-state index contributed by atoms with van der Waals surface area (Å²) in [4.78, 5) is 26.0. The fourth-order valence-corrected chi connectivity index (χ4v) is 4.76. The maximum Gasteiger partial charge on any atom is 0.341 e. The average molecular weight is 480 g/mol. The summed E-state index contributed by atoms with van der Waals surface area (Å²) in [5.74, 6) is -1.51. The normalized spacial score (nSPS) is 14.7. The molecule has 29 heavy (non-hydrogen) atoms. The zero-order valence-electron chi connectivity index (χ0n) is 15.4. The first kappa shape index (κ1) is 22.2. The molecule has 0 bridgehead atoms. The number of halogens is 4. The van der Waals surface area contributed by atoms with Gasteiger partial charge in [0.15, 0.2) is 0 Å². The number of esters is 1. The number of carbonyl (C=O) groups excluding carboxylic acids is 2. The third kappa shape index (κ3) is 5.15. The summed E-state index contributed by atoms with van der Waals surface area (Å²) in [6.07, 6.45) is 2.48. The van der Waals surface area contributed by atoms with Crippen LogP contribution in [0.15, 0.2) is 24.3 Å². The van der Waals surface area contributed by atoms with Crippen molar-refractivity contribution in [2.75, 3.05) is 12.4 Å². The number of carbonyl (C=O) groups is 2. The van der Waals surface area contributed by atoms with Gasteiger partial charge in [-0.1, -0.05) is 34.8 Å². The van der Waals surface area contributed by atoms with Crippen molar-refractivity contribution in [3.05, 3.63) is 51.7 Å². The molecule has 156 valence electrons. The minimum atomic E-state index is -1.92. The summed E-state index contributed by atoms with van der Waals surface area (Å²) < 4.78 is 16.1. The Labute approximate surface area is 186 Å². The molecular formula is C19H18Cl3FN2O3S. The van der Waals surface area contributed by atoms with Gasteiger partial charge in [0.05, 0.1) is 12.7 Å². The van der Waals surface area contributed by atoms with Crippen molar-refractivity contribution >= 4 is 63.0 Å². The highest BCUT2D eigenvalue weighted by Gasteiger charge is 2.36. The number of rotatable bonds is 5. The van der Waals surface area contributed by atoms with Gasteiger partial charge >= 0.3 is 5.97 Å². The molecule has 1 aromatic heterocycles. The molecule has 1 aliphatic carbocycles. The Kier molecular flexibility index (Phi) is 6.94. The highest BCUT2D eigenvalue weighted by molar-refractivity contribution is 7.16. The van der Waals surface area contributed by atoms with Crippen molar-refractivity contribution in [2.24, 2.45) is 0 Å². The fraction of sp³-hybridized carbons (Fsp3) is 0.368. The summed E-state index contributed by atoms with van der Waals surface area (Å²) in [6.45, 7) is 0. The molecule has 0 unspecified atom stereocenters. The second-order valence-corrected chi connectivity index (χ2v) is 9.98. The number of amides is 1. The Balaban J connectivity index is 1.89. The number of ether oxygens (including phenoxy) is 1. The maximum absolute atomic E-state index is 13.1. The number of thiophene rings is 1. The van der Waals surface area contributed by atoms with E-state index in [2.05, 4.69) is 10.6 Å². The van der Waals surface area contributed by atoms with Crippen molar-refractivity contribution in [3.63, 3.8) is 0 Å². The van der Waals surface area contributed by atoms with E-state index < -0.39 is 27.7 Å². The Hall–Kier alpha value is -1.54. The van der Waals surface area contributed by atoms with E-state index >= 15 is 0 Å². The summed E-state index contributed by atoms with van der Waals surface area (Å²) >= 11 is 19.6. The molecule has 1 atom stereocenters. The van der Waals surface area contributed by atoms with Crippen molar-refractivity contribution < 1.29 is 18.7 Å². The van der Waals surface area contributed by atoms with Gasteiger partial charge in [0.1, 0.15) is 17.0 Å². The van der Waals surface area contributed by atoms with Gasteiger partial charge in [-0.3, -0.25) is 4.79 Å². The van der Waals surface area contributed by atoms with Crippen LogP contribution in [0.5, 0.6) is 0 Å². The highest BCUT2D eigenvalue weighted by Crippen LogP contribution is 2.40.